The largest absolute Gasteiger partial charge is 0.486 e. The van der Waals surface area contributed by atoms with Gasteiger partial charge in [-0.25, -0.2) is 0 Å². The van der Waals surface area contributed by atoms with Crippen molar-refractivity contribution in [3.05, 3.63) is 107 Å². The second-order valence-corrected chi connectivity index (χ2v) is 9.27. The van der Waals surface area contributed by atoms with Gasteiger partial charge in [0.05, 0.1) is 6.42 Å². The Morgan fingerprint density at radius 3 is 2.34 bits per heavy atom. The van der Waals surface area contributed by atoms with Crippen molar-refractivity contribution in [3.63, 3.8) is 0 Å². The SMILES string of the molecule is CCC(C(=O)N[C@@H](CC(=O)O)C(=O)COc1ccccc1)n1cccc(NC(=O)c2cccc3ccccc23)c1=O. The fraction of sp³-hybridized carbons (Fsp3) is 0.194. The molecular weight excluding hydrogens is 526 g/mol. The summed E-state index contributed by atoms with van der Waals surface area (Å²) in [6, 6.07) is 21.7. The number of carbonyl (C=O) groups excluding carboxylic acids is 3. The number of benzene rings is 3. The number of nitrogens with zero attached hydrogens (tertiary/aromatic N) is 1. The molecule has 0 saturated carbocycles. The Labute approximate surface area is 235 Å². The molecule has 1 unspecified atom stereocenters. The minimum Gasteiger partial charge on any atom is -0.486 e. The lowest BCUT2D eigenvalue weighted by molar-refractivity contribution is -0.140. The van der Waals surface area contributed by atoms with Crippen LogP contribution < -0.4 is 20.9 Å². The molecule has 0 saturated heterocycles. The number of carboxylic acids is 1. The van der Waals surface area contributed by atoms with Gasteiger partial charge in [-0.3, -0.25) is 24.0 Å². The highest BCUT2D eigenvalue weighted by atomic mass is 16.5. The monoisotopic (exact) mass is 555 g/mol. The molecule has 0 aliphatic heterocycles. The Bertz CT molecular complexity index is 1630. The van der Waals surface area contributed by atoms with Gasteiger partial charge < -0.3 is 25.0 Å². The van der Waals surface area contributed by atoms with Gasteiger partial charge in [0.1, 0.15) is 30.1 Å². The summed E-state index contributed by atoms with van der Waals surface area (Å²) in [5.41, 5.74) is -0.279. The molecule has 0 radical (unpaired) electrons. The number of nitrogens with one attached hydrogen (secondary N) is 2. The molecule has 0 aliphatic rings. The number of Topliss-reactive ketones (excluding diaryl/α,β-unsaturated/α-hetero) is 1. The van der Waals surface area contributed by atoms with Gasteiger partial charge >= 0.3 is 5.97 Å². The first-order chi connectivity index (χ1) is 19.8. The third-order valence-corrected chi connectivity index (χ3v) is 6.49. The smallest absolute Gasteiger partial charge is 0.305 e. The lowest BCUT2D eigenvalue weighted by atomic mass is 10.0. The van der Waals surface area contributed by atoms with E-state index in [1.54, 1.807) is 49.4 Å². The Morgan fingerprint density at radius 1 is 0.902 bits per heavy atom. The fourth-order valence-corrected chi connectivity index (χ4v) is 4.43. The molecule has 10 heteroatoms. The van der Waals surface area contributed by atoms with Crippen molar-refractivity contribution in [1.29, 1.82) is 0 Å². The average molecular weight is 556 g/mol. The van der Waals surface area contributed by atoms with Gasteiger partial charge in [0.15, 0.2) is 5.78 Å². The van der Waals surface area contributed by atoms with Gasteiger partial charge in [0.2, 0.25) is 5.91 Å². The number of aromatic nitrogens is 1. The van der Waals surface area contributed by atoms with Crippen LogP contribution in [-0.4, -0.2) is 45.9 Å². The molecule has 4 aromatic rings. The number of hydrogen-bond donors (Lipinski definition) is 3. The molecule has 1 aromatic heterocycles. The first-order valence-corrected chi connectivity index (χ1v) is 13.0. The maximum absolute atomic E-state index is 13.3. The van der Waals surface area contributed by atoms with E-state index in [0.717, 1.165) is 15.3 Å². The van der Waals surface area contributed by atoms with Crippen molar-refractivity contribution in [2.45, 2.75) is 31.8 Å². The summed E-state index contributed by atoms with van der Waals surface area (Å²) in [6.07, 6.45) is 0.895. The van der Waals surface area contributed by atoms with Crippen LogP contribution in [0.5, 0.6) is 5.75 Å². The number of pyridine rings is 1. The Balaban J connectivity index is 1.51. The van der Waals surface area contributed by atoms with Gasteiger partial charge in [-0.15, -0.1) is 0 Å². The van der Waals surface area contributed by atoms with Gasteiger partial charge in [0.25, 0.3) is 11.5 Å². The number of hydrogen-bond acceptors (Lipinski definition) is 6. The summed E-state index contributed by atoms with van der Waals surface area (Å²) >= 11 is 0. The Hall–Kier alpha value is -5.25. The molecule has 0 aliphatic carbocycles. The molecule has 3 N–H and O–H groups in total. The van der Waals surface area contributed by atoms with Crippen LogP contribution in [0, 0.1) is 0 Å². The topological polar surface area (TPSA) is 144 Å². The van der Waals surface area contributed by atoms with Crippen LogP contribution in [0.2, 0.25) is 0 Å². The summed E-state index contributed by atoms with van der Waals surface area (Å²) in [4.78, 5) is 63.9. The Kier molecular flexibility index (Phi) is 9.26. The van der Waals surface area contributed by atoms with Gasteiger partial charge in [0, 0.05) is 11.8 Å². The lowest BCUT2D eigenvalue weighted by Crippen LogP contribution is -2.48. The molecular formula is C31H29N3O7. The van der Waals surface area contributed by atoms with Crippen molar-refractivity contribution in [1.82, 2.24) is 9.88 Å². The zero-order valence-corrected chi connectivity index (χ0v) is 22.3. The highest BCUT2D eigenvalue weighted by molar-refractivity contribution is 6.12. The van der Waals surface area contributed by atoms with E-state index < -0.39 is 54.2 Å². The lowest BCUT2D eigenvalue weighted by Gasteiger charge is -2.22. The molecule has 3 aromatic carbocycles. The van der Waals surface area contributed by atoms with E-state index in [2.05, 4.69) is 10.6 Å². The van der Waals surface area contributed by atoms with Crippen LogP contribution >= 0.6 is 0 Å². The number of anilines is 1. The van der Waals surface area contributed by atoms with Gasteiger partial charge in [-0.05, 0) is 47.5 Å². The maximum atomic E-state index is 13.3. The van der Waals surface area contributed by atoms with Crippen molar-refractivity contribution in [2.75, 3.05) is 11.9 Å². The molecule has 0 bridgehead atoms. The molecule has 2 atom stereocenters. The van der Waals surface area contributed by atoms with Gasteiger partial charge in [-0.1, -0.05) is 61.5 Å². The summed E-state index contributed by atoms with van der Waals surface area (Å²) in [5, 5.41) is 16.0. The highest BCUT2D eigenvalue weighted by Gasteiger charge is 2.29. The number of rotatable bonds is 12. The fourth-order valence-electron chi connectivity index (χ4n) is 4.43. The first kappa shape index (κ1) is 28.8. The third kappa shape index (κ3) is 7.04. The van der Waals surface area contributed by atoms with E-state index in [0.29, 0.717) is 11.3 Å². The van der Waals surface area contributed by atoms with Crippen molar-refractivity contribution in [2.24, 2.45) is 0 Å². The normalized spacial score (nSPS) is 12.2. The number of ketones is 1. The predicted octanol–water partition coefficient (Wildman–Crippen LogP) is 3.81. The van der Waals surface area contributed by atoms with Crippen LogP contribution in [0.4, 0.5) is 5.69 Å². The molecule has 4 rings (SSSR count). The zero-order chi connectivity index (χ0) is 29.4. The molecule has 0 spiro atoms. The van der Waals surface area contributed by atoms with E-state index in [9.17, 15) is 29.1 Å². The van der Waals surface area contributed by atoms with E-state index >= 15 is 0 Å². The van der Waals surface area contributed by atoms with Gasteiger partial charge in [-0.2, -0.15) is 0 Å². The van der Waals surface area contributed by atoms with Crippen LogP contribution in [0.3, 0.4) is 0 Å². The standard InChI is InChI=1S/C31H29N3O7/c1-2-26(30(39)33-25(18-28(36)37)27(35)19-41-21-12-4-3-5-13-21)34-17-9-16-24(31(34)40)32-29(38)23-15-8-11-20-10-6-7-14-22(20)23/h3-17,25-26H,2,18-19H2,1H3,(H,32,38)(H,33,39)(H,36,37)/t25-,26?/m0/s1. The molecule has 2 amide bonds. The second kappa shape index (κ2) is 13.2. The second-order valence-electron chi connectivity index (χ2n) is 9.27. The average Bonchev–Trinajstić information content (AvgIpc) is 2.97. The minimum absolute atomic E-state index is 0.0360. The first-order valence-electron chi connectivity index (χ1n) is 13.0. The van der Waals surface area contributed by atoms with E-state index in [1.807, 2.05) is 30.3 Å². The van der Waals surface area contributed by atoms with Crippen LogP contribution in [0.15, 0.2) is 95.9 Å². The summed E-state index contributed by atoms with van der Waals surface area (Å²) in [5.74, 6) is -2.71. The zero-order valence-electron chi connectivity index (χ0n) is 22.3. The molecule has 41 heavy (non-hydrogen) atoms. The summed E-state index contributed by atoms with van der Waals surface area (Å²) < 4.78 is 6.58. The van der Waals surface area contributed by atoms with Crippen LogP contribution in [-0.2, 0) is 14.4 Å². The number of carbonyl (C=O) groups is 4. The molecule has 210 valence electrons. The summed E-state index contributed by atoms with van der Waals surface area (Å²) in [6.45, 7) is 1.22. The number of amides is 2. The molecule has 1 heterocycles. The highest BCUT2D eigenvalue weighted by Crippen LogP contribution is 2.20. The molecule has 10 nitrogen and oxygen atoms in total. The molecule has 0 fully saturated rings. The number of ether oxygens (including phenoxy) is 1. The Morgan fingerprint density at radius 2 is 1.61 bits per heavy atom. The van der Waals surface area contributed by atoms with E-state index in [1.165, 1.54) is 18.3 Å². The van der Waals surface area contributed by atoms with Crippen molar-refractivity contribution < 1.29 is 29.0 Å². The third-order valence-electron chi connectivity index (χ3n) is 6.49. The van der Waals surface area contributed by atoms with Crippen LogP contribution in [0.25, 0.3) is 10.8 Å². The van der Waals surface area contributed by atoms with E-state index in [4.69, 9.17) is 4.74 Å². The predicted molar refractivity (Wildman–Crippen MR) is 153 cm³/mol. The minimum atomic E-state index is -1.37. The van der Waals surface area contributed by atoms with Crippen molar-refractivity contribution >= 4 is 40.0 Å². The number of aliphatic carboxylic acids is 1. The van der Waals surface area contributed by atoms with Crippen molar-refractivity contribution in [3.8, 4) is 5.75 Å². The summed E-state index contributed by atoms with van der Waals surface area (Å²) in [7, 11) is 0. The quantitative estimate of drug-likeness (QED) is 0.241. The van der Waals surface area contributed by atoms with E-state index in [-0.39, 0.29) is 12.1 Å². The van der Waals surface area contributed by atoms with Crippen LogP contribution in [0.1, 0.15) is 36.2 Å². The number of para-hydroxylation sites is 1. The maximum Gasteiger partial charge on any atom is 0.305 e. The number of carboxylic acid groups (broad SMARTS) is 1. The number of fused-ring (bicyclic) bond motifs is 1.